The molecule has 2 aromatic rings. The molecule has 7 nitrogen and oxygen atoms in total. The number of esters is 1. The third-order valence-corrected chi connectivity index (χ3v) is 6.53. The Labute approximate surface area is 173 Å². The highest BCUT2D eigenvalue weighted by Gasteiger charge is 2.63. The van der Waals surface area contributed by atoms with Gasteiger partial charge in [-0.1, -0.05) is 6.07 Å². The largest absolute Gasteiger partial charge is 0.497 e. The number of benzene rings is 2. The van der Waals surface area contributed by atoms with Crippen molar-refractivity contribution < 1.29 is 23.9 Å². The van der Waals surface area contributed by atoms with Crippen molar-refractivity contribution in [1.29, 1.82) is 0 Å². The Morgan fingerprint density at radius 2 is 1.83 bits per heavy atom. The molecule has 5 atom stereocenters. The van der Waals surface area contributed by atoms with E-state index in [1.165, 1.54) is 0 Å². The second-order valence-corrected chi connectivity index (χ2v) is 8.17. The van der Waals surface area contributed by atoms with Crippen molar-refractivity contribution in [3.8, 4) is 5.75 Å². The molecule has 7 heteroatoms. The highest BCUT2D eigenvalue weighted by atomic mass is 16.6. The van der Waals surface area contributed by atoms with Gasteiger partial charge in [-0.3, -0.25) is 14.4 Å². The molecule has 0 unspecified atom stereocenters. The first-order valence-corrected chi connectivity index (χ1v) is 10.1. The minimum atomic E-state index is -0.349. The molecule has 2 saturated carbocycles. The maximum atomic E-state index is 12.9. The van der Waals surface area contributed by atoms with Gasteiger partial charge in [-0.15, -0.1) is 0 Å². The van der Waals surface area contributed by atoms with Gasteiger partial charge in [0.1, 0.15) is 11.9 Å². The first kappa shape index (κ1) is 18.7. The molecule has 3 fully saturated rings. The molecule has 1 aliphatic heterocycles. The summed E-state index contributed by atoms with van der Waals surface area (Å²) in [6, 6.07) is 13.8. The molecule has 0 aromatic heterocycles. The predicted molar refractivity (Wildman–Crippen MR) is 109 cm³/mol. The van der Waals surface area contributed by atoms with E-state index in [-0.39, 0.29) is 47.6 Å². The van der Waals surface area contributed by atoms with E-state index in [1.807, 2.05) is 0 Å². The van der Waals surface area contributed by atoms with Crippen LogP contribution in [0.25, 0.3) is 0 Å². The molecule has 2 aliphatic carbocycles. The molecule has 3 aliphatic rings. The Morgan fingerprint density at radius 3 is 2.60 bits per heavy atom. The third kappa shape index (κ3) is 3.10. The zero-order valence-corrected chi connectivity index (χ0v) is 16.5. The molecule has 1 heterocycles. The van der Waals surface area contributed by atoms with Crippen LogP contribution in [0.3, 0.4) is 0 Å². The van der Waals surface area contributed by atoms with Crippen molar-refractivity contribution in [2.45, 2.75) is 18.9 Å². The molecule has 5 rings (SSSR count). The van der Waals surface area contributed by atoms with Gasteiger partial charge in [-0.05, 0) is 61.2 Å². The van der Waals surface area contributed by atoms with E-state index >= 15 is 0 Å². The maximum absolute atomic E-state index is 12.9. The summed E-state index contributed by atoms with van der Waals surface area (Å²) in [5.74, 6) is -0.282. The van der Waals surface area contributed by atoms with Crippen molar-refractivity contribution in [2.24, 2.45) is 23.7 Å². The fourth-order valence-electron chi connectivity index (χ4n) is 5.20. The number of carbonyl (C=O) groups is 3. The van der Waals surface area contributed by atoms with Gasteiger partial charge in [-0.2, -0.15) is 0 Å². The van der Waals surface area contributed by atoms with Gasteiger partial charge >= 0.3 is 5.97 Å². The average molecular weight is 406 g/mol. The number of amides is 2. The quantitative estimate of drug-likeness (QED) is 0.745. The highest BCUT2D eigenvalue weighted by Crippen LogP contribution is 2.57. The van der Waals surface area contributed by atoms with E-state index in [0.717, 1.165) is 12.8 Å². The third-order valence-electron chi connectivity index (χ3n) is 6.53. The lowest BCUT2D eigenvalue weighted by atomic mass is 9.79. The molecule has 2 amide bonds. The lowest BCUT2D eigenvalue weighted by Crippen LogP contribution is -2.35. The number of anilines is 2. The number of methoxy groups -OCH3 is 1. The van der Waals surface area contributed by atoms with Crippen molar-refractivity contribution >= 4 is 29.2 Å². The molecule has 0 radical (unpaired) electrons. The zero-order chi connectivity index (χ0) is 20.8. The Bertz CT molecular complexity index is 1020. The Hall–Kier alpha value is -3.35. The standard InChI is InChI=1S/C23H22N2O5/c1-29-16-7-5-14(6-8-16)24-21(26)12-3-2-4-15(9-12)25-22(27)19-13-10-17-18(11-13)30-23(28)20(17)19/h2-9,13,17-20H,10-11H2,1H3,(H,24,26)(H,25,27)/t13-,17+,18-,19-,20+/m1/s1. The molecule has 154 valence electrons. The number of carbonyl (C=O) groups excluding carboxylic acids is 3. The van der Waals surface area contributed by atoms with E-state index in [0.29, 0.717) is 22.7 Å². The number of rotatable bonds is 5. The van der Waals surface area contributed by atoms with Gasteiger partial charge in [-0.25, -0.2) is 0 Å². The van der Waals surface area contributed by atoms with Crippen molar-refractivity contribution in [1.82, 2.24) is 0 Å². The number of fused-ring (bicyclic) bond motifs is 1. The van der Waals surface area contributed by atoms with Crippen LogP contribution in [0.4, 0.5) is 11.4 Å². The summed E-state index contributed by atoms with van der Waals surface area (Å²) in [6.45, 7) is 0. The average Bonchev–Trinajstić information content (AvgIpc) is 3.37. The molecule has 0 spiro atoms. The summed E-state index contributed by atoms with van der Waals surface area (Å²) in [5, 5.41) is 5.73. The summed E-state index contributed by atoms with van der Waals surface area (Å²) in [7, 11) is 1.58. The SMILES string of the molecule is COc1ccc(NC(=O)c2cccc(NC(=O)[C@@H]3[C@@H]4C[C@@H]5[C@@H]3C(=O)O[C@@H]5C4)c2)cc1. The van der Waals surface area contributed by atoms with Crippen molar-refractivity contribution in [3.63, 3.8) is 0 Å². The number of hydrogen-bond donors (Lipinski definition) is 2. The first-order chi connectivity index (χ1) is 14.5. The molecular formula is C23H22N2O5. The van der Waals surface area contributed by atoms with Crippen molar-refractivity contribution in [2.75, 3.05) is 17.7 Å². The maximum Gasteiger partial charge on any atom is 0.310 e. The lowest BCUT2D eigenvalue weighted by molar-refractivity contribution is -0.145. The van der Waals surface area contributed by atoms with Gasteiger partial charge in [0.2, 0.25) is 5.91 Å². The number of hydrogen-bond acceptors (Lipinski definition) is 5. The lowest BCUT2D eigenvalue weighted by Gasteiger charge is -2.23. The van der Waals surface area contributed by atoms with Crippen LogP contribution < -0.4 is 15.4 Å². The van der Waals surface area contributed by atoms with Gasteiger partial charge in [0.15, 0.2) is 0 Å². The van der Waals surface area contributed by atoms with Crippen LogP contribution in [-0.4, -0.2) is 31.0 Å². The van der Waals surface area contributed by atoms with Crippen LogP contribution in [0.15, 0.2) is 48.5 Å². The minimum absolute atomic E-state index is 0.00142. The Balaban J connectivity index is 1.27. The minimum Gasteiger partial charge on any atom is -0.497 e. The van der Waals surface area contributed by atoms with Crippen LogP contribution in [0.2, 0.25) is 0 Å². The molecule has 2 bridgehead atoms. The van der Waals surface area contributed by atoms with E-state index < -0.39 is 0 Å². The highest BCUT2D eigenvalue weighted by molar-refractivity contribution is 6.05. The normalized spacial score (nSPS) is 28.2. The van der Waals surface area contributed by atoms with Gasteiger partial charge < -0.3 is 20.1 Å². The molecule has 2 N–H and O–H groups in total. The summed E-state index contributed by atoms with van der Waals surface area (Å²) in [6.07, 6.45) is 1.65. The van der Waals surface area contributed by atoms with E-state index in [4.69, 9.17) is 9.47 Å². The molecule has 1 saturated heterocycles. The van der Waals surface area contributed by atoms with E-state index in [1.54, 1.807) is 55.6 Å². The summed E-state index contributed by atoms with van der Waals surface area (Å²) in [5.41, 5.74) is 1.61. The van der Waals surface area contributed by atoms with E-state index in [9.17, 15) is 14.4 Å². The van der Waals surface area contributed by atoms with E-state index in [2.05, 4.69) is 10.6 Å². The summed E-state index contributed by atoms with van der Waals surface area (Å²) >= 11 is 0. The molecule has 2 aromatic carbocycles. The van der Waals surface area contributed by atoms with Crippen LogP contribution in [-0.2, 0) is 14.3 Å². The fraction of sp³-hybridized carbons (Fsp3) is 0.348. The zero-order valence-electron chi connectivity index (χ0n) is 16.5. The Morgan fingerprint density at radius 1 is 1.03 bits per heavy atom. The fourth-order valence-corrected chi connectivity index (χ4v) is 5.20. The number of ether oxygens (including phenoxy) is 2. The van der Waals surface area contributed by atoms with Crippen molar-refractivity contribution in [3.05, 3.63) is 54.1 Å². The smallest absolute Gasteiger partial charge is 0.310 e. The first-order valence-electron chi connectivity index (χ1n) is 10.1. The van der Waals surface area contributed by atoms with Crippen LogP contribution in [0.5, 0.6) is 5.75 Å². The topological polar surface area (TPSA) is 93.7 Å². The predicted octanol–water partition coefficient (Wildman–Crippen LogP) is 3.08. The monoisotopic (exact) mass is 406 g/mol. The van der Waals surface area contributed by atoms with Crippen LogP contribution >= 0.6 is 0 Å². The van der Waals surface area contributed by atoms with Gasteiger partial charge in [0.05, 0.1) is 18.9 Å². The van der Waals surface area contributed by atoms with Gasteiger partial charge in [0.25, 0.3) is 5.91 Å². The molecular weight excluding hydrogens is 384 g/mol. The van der Waals surface area contributed by atoms with Crippen LogP contribution in [0.1, 0.15) is 23.2 Å². The second kappa shape index (κ2) is 7.16. The van der Waals surface area contributed by atoms with Gasteiger partial charge in [0, 0.05) is 22.9 Å². The Kier molecular flexibility index (Phi) is 4.46. The number of nitrogens with one attached hydrogen (secondary N) is 2. The summed E-state index contributed by atoms with van der Waals surface area (Å²) < 4.78 is 10.5. The summed E-state index contributed by atoms with van der Waals surface area (Å²) in [4.78, 5) is 37.7. The molecule has 30 heavy (non-hydrogen) atoms. The second-order valence-electron chi connectivity index (χ2n) is 8.17. The van der Waals surface area contributed by atoms with Crippen LogP contribution in [0, 0.1) is 23.7 Å².